The second kappa shape index (κ2) is 6.11. The molecule has 110 valence electrons. The Morgan fingerprint density at radius 3 is 2.16 bits per heavy atom. The summed E-state index contributed by atoms with van der Waals surface area (Å²) in [6, 6.07) is 0.882. The molecular weight excluding hydrogens is 234 g/mol. The highest BCUT2D eigenvalue weighted by Gasteiger charge is 2.33. The summed E-state index contributed by atoms with van der Waals surface area (Å²) in [5, 5.41) is 0. The molecule has 0 radical (unpaired) electrons. The first-order chi connectivity index (χ1) is 9.25. The Morgan fingerprint density at radius 1 is 0.895 bits per heavy atom. The van der Waals surface area contributed by atoms with Gasteiger partial charge in [-0.25, -0.2) is 0 Å². The third-order valence-electron chi connectivity index (χ3n) is 5.74. The van der Waals surface area contributed by atoms with E-state index in [0.717, 1.165) is 6.04 Å². The monoisotopic (exact) mass is 265 g/mol. The predicted molar refractivity (Wildman–Crippen MR) is 80.3 cm³/mol. The van der Waals surface area contributed by atoms with Gasteiger partial charge in [-0.1, -0.05) is 6.42 Å². The number of rotatable bonds is 4. The summed E-state index contributed by atoms with van der Waals surface area (Å²) in [5.74, 6) is 0. The molecule has 0 aromatic carbocycles. The number of hydrogen-bond acceptors (Lipinski definition) is 3. The smallest absolute Gasteiger partial charge is 0.0166 e. The first-order valence-corrected chi connectivity index (χ1v) is 8.51. The second-order valence-electron chi connectivity index (χ2n) is 7.14. The van der Waals surface area contributed by atoms with E-state index in [2.05, 4.69) is 9.80 Å². The summed E-state index contributed by atoms with van der Waals surface area (Å²) in [6.07, 6.45) is 12.2. The lowest BCUT2D eigenvalue weighted by molar-refractivity contribution is 0.0845. The minimum atomic E-state index is 0.212. The van der Waals surface area contributed by atoms with Gasteiger partial charge in [0, 0.05) is 11.6 Å². The number of piperidine rings is 2. The van der Waals surface area contributed by atoms with E-state index in [9.17, 15) is 0 Å². The molecule has 2 saturated heterocycles. The molecule has 2 aliphatic heterocycles. The fraction of sp³-hybridized carbons (Fsp3) is 1.00. The molecule has 2 heterocycles. The van der Waals surface area contributed by atoms with Crippen molar-refractivity contribution in [2.24, 2.45) is 5.73 Å². The maximum absolute atomic E-state index is 6.33. The molecular formula is C16H31N3. The molecule has 2 N–H and O–H groups in total. The number of likely N-dealkylation sites (tertiary alicyclic amines) is 2. The summed E-state index contributed by atoms with van der Waals surface area (Å²) >= 11 is 0. The van der Waals surface area contributed by atoms with Crippen molar-refractivity contribution in [3.05, 3.63) is 0 Å². The second-order valence-corrected chi connectivity index (χ2v) is 7.14. The van der Waals surface area contributed by atoms with Gasteiger partial charge in [0.15, 0.2) is 0 Å². The fourth-order valence-corrected chi connectivity index (χ4v) is 4.05. The zero-order valence-corrected chi connectivity index (χ0v) is 12.4. The Labute approximate surface area is 118 Å². The Kier molecular flexibility index (Phi) is 4.45. The molecule has 0 aromatic rings. The van der Waals surface area contributed by atoms with Gasteiger partial charge < -0.3 is 15.5 Å². The van der Waals surface area contributed by atoms with Crippen molar-refractivity contribution >= 4 is 0 Å². The number of hydrogen-bond donors (Lipinski definition) is 1. The standard InChI is InChI=1S/C16H31N3/c17-16(7-4-8-16)9-14-18-12-5-15(6-13-18)19-10-2-1-3-11-19/h15H,1-14,17H2. The van der Waals surface area contributed by atoms with E-state index in [1.807, 2.05) is 0 Å². The van der Waals surface area contributed by atoms with E-state index in [0.29, 0.717) is 0 Å². The third kappa shape index (κ3) is 3.50. The summed E-state index contributed by atoms with van der Waals surface area (Å²) < 4.78 is 0. The number of nitrogens with zero attached hydrogens (tertiary/aromatic N) is 2. The highest BCUT2D eigenvalue weighted by Crippen LogP contribution is 2.32. The van der Waals surface area contributed by atoms with Crippen LogP contribution in [-0.4, -0.2) is 54.1 Å². The zero-order chi connectivity index (χ0) is 13.1. The van der Waals surface area contributed by atoms with Crippen LogP contribution in [0.15, 0.2) is 0 Å². The quantitative estimate of drug-likeness (QED) is 0.846. The van der Waals surface area contributed by atoms with Crippen molar-refractivity contribution in [3.8, 4) is 0 Å². The van der Waals surface area contributed by atoms with Gasteiger partial charge in [-0.05, 0) is 84.1 Å². The van der Waals surface area contributed by atoms with Crippen LogP contribution in [0.3, 0.4) is 0 Å². The van der Waals surface area contributed by atoms with Crippen LogP contribution in [0.5, 0.6) is 0 Å². The van der Waals surface area contributed by atoms with Gasteiger partial charge in [0.05, 0.1) is 0 Å². The minimum Gasteiger partial charge on any atom is -0.325 e. The fourth-order valence-electron chi connectivity index (χ4n) is 4.05. The highest BCUT2D eigenvalue weighted by molar-refractivity contribution is 4.93. The molecule has 3 heteroatoms. The Bertz CT molecular complexity index is 274. The first kappa shape index (κ1) is 13.8. The molecule has 0 atom stereocenters. The molecule has 19 heavy (non-hydrogen) atoms. The van der Waals surface area contributed by atoms with Gasteiger partial charge >= 0.3 is 0 Å². The van der Waals surface area contributed by atoms with E-state index in [4.69, 9.17) is 5.73 Å². The predicted octanol–water partition coefficient (Wildman–Crippen LogP) is 2.21. The van der Waals surface area contributed by atoms with Crippen LogP contribution < -0.4 is 5.73 Å². The summed E-state index contributed by atoms with van der Waals surface area (Å²) in [6.45, 7) is 6.56. The molecule has 3 rings (SSSR count). The molecule has 1 saturated carbocycles. The molecule has 0 aromatic heterocycles. The van der Waals surface area contributed by atoms with Gasteiger partial charge in [0.25, 0.3) is 0 Å². The average molecular weight is 265 g/mol. The molecule has 3 fully saturated rings. The van der Waals surface area contributed by atoms with Crippen molar-refractivity contribution < 1.29 is 0 Å². The lowest BCUT2D eigenvalue weighted by atomic mass is 9.75. The van der Waals surface area contributed by atoms with Crippen molar-refractivity contribution in [3.63, 3.8) is 0 Å². The lowest BCUT2D eigenvalue weighted by Gasteiger charge is -2.43. The van der Waals surface area contributed by atoms with Gasteiger partial charge in [-0.15, -0.1) is 0 Å². The summed E-state index contributed by atoms with van der Waals surface area (Å²) in [5.41, 5.74) is 6.54. The molecule has 1 aliphatic carbocycles. The maximum Gasteiger partial charge on any atom is 0.0166 e. The van der Waals surface area contributed by atoms with E-state index < -0.39 is 0 Å². The van der Waals surface area contributed by atoms with E-state index in [1.165, 1.54) is 90.5 Å². The number of nitrogens with two attached hydrogens (primary N) is 1. The zero-order valence-electron chi connectivity index (χ0n) is 12.4. The van der Waals surface area contributed by atoms with Crippen molar-refractivity contribution in [1.82, 2.24) is 9.80 Å². The largest absolute Gasteiger partial charge is 0.325 e. The van der Waals surface area contributed by atoms with Crippen LogP contribution in [0.4, 0.5) is 0 Å². The van der Waals surface area contributed by atoms with Gasteiger partial charge in [-0.2, -0.15) is 0 Å². The third-order valence-corrected chi connectivity index (χ3v) is 5.74. The molecule has 0 bridgehead atoms. The SMILES string of the molecule is NC1(CCN2CCC(N3CCCCC3)CC2)CCC1. The van der Waals surface area contributed by atoms with Crippen LogP contribution in [0.1, 0.15) is 57.8 Å². The van der Waals surface area contributed by atoms with E-state index >= 15 is 0 Å². The molecule has 0 unspecified atom stereocenters. The highest BCUT2D eigenvalue weighted by atomic mass is 15.2. The van der Waals surface area contributed by atoms with Crippen molar-refractivity contribution in [1.29, 1.82) is 0 Å². The molecule has 3 nitrogen and oxygen atoms in total. The lowest BCUT2D eigenvalue weighted by Crippen LogP contribution is -2.51. The summed E-state index contributed by atoms with van der Waals surface area (Å²) in [7, 11) is 0. The molecule has 0 amide bonds. The van der Waals surface area contributed by atoms with Gasteiger partial charge in [0.2, 0.25) is 0 Å². The Hall–Kier alpha value is -0.120. The first-order valence-electron chi connectivity index (χ1n) is 8.51. The molecule has 3 aliphatic rings. The topological polar surface area (TPSA) is 32.5 Å². The molecule has 0 spiro atoms. The van der Waals surface area contributed by atoms with Crippen molar-refractivity contribution in [2.45, 2.75) is 69.4 Å². The van der Waals surface area contributed by atoms with Crippen LogP contribution in [0.2, 0.25) is 0 Å². The normalized spacial score (nSPS) is 30.2. The van der Waals surface area contributed by atoms with Crippen molar-refractivity contribution in [2.75, 3.05) is 32.7 Å². The van der Waals surface area contributed by atoms with Gasteiger partial charge in [-0.3, -0.25) is 0 Å². The van der Waals surface area contributed by atoms with Crippen LogP contribution in [0.25, 0.3) is 0 Å². The van der Waals surface area contributed by atoms with E-state index in [1.54, 1.807) is 0 Å². The van der Waals surface area contributed by atoms with Crippen LogP contribution >= 0.6 is 0 Å². The Balaban J connectivity index is 1.37. The Morgan fingerprint density at radius 2 is 1.58 bits per heavy atom. The maximum atomic E-state index is 6.33. The van der Waals surface area contributed by atoms with Crippen LogP contribution in [0, 0.1) is 0 Å². The summed E-state index contributed by atoms with van der Waals surface area (Å²) in [4.78, 5) is 5.42. The van der Waals surface area contributed by atoms with Crippen LogP contribution in [-0.2, 0) is 0 Å². The van der Waals surface area contributed by atoms with E-state index in [-0.39, 0.29) is 5.54 Å². The minimum absolute atomic E-state index is 0.212. The van der Waals surface area contributed by atoms with Gasteiger partial charge in [0.1, 0.15) is 0 Å². The average Bonchev–Trinajstić information content (AvgIpc) is 2.45.